The lowest BCUT2D eigenvalue weighted by atomic mass is 10.0. The van der Waals surface area contributed by atoms with E-state index < -0.39 is 18.7 Å². The van der Waals surface area contributed by atoms with Crippen LogP contribution in [0.25, 0.3) is 0 Å². The van der Waals surface area contributed by atoms with Gasteiger partial charge in [0.25, 0.3) is 0 Å². The largest absolute Gasteiger partial charge is 0.480 e. The highest BCUT2D eigenvalue weighted by atomic mass is 19.1. The second kappa shape index (κ2) is 5.96. The van der Waals surface area contributed by atoms with Crippen LogP contribution in [0.15, 0.2) is 0 Å². The van der Waals surface area contributed by atoms with Gasteiger partial charge in [0.05, 0.1) is 0 Å². The summed E-state index contributed by atoms with van der Waals surface area (Å²) in [5.41, 5.74) is 0. The number of aliphatic carboxylic acids is 1. The highest BCUT2D eigenvalue weighted by Crippen LogP contribution is 2.16. The van der Waals surface area contributed by atoms with Crippen LogP contribution in [-0.2, 0) is 4.79 Å². The Morgan fingerprint density at radius 3 is 2.71 bits per heavy atom. The van der Waals surface area contributed by atoms with E-state index in [1.165, 1.54) is 0 Å². The average Bonchev–Trinajstić information content (AvgIpc) is 2.09. The molecule has 1 aliphatic heterocycles. The molecule has 1 atom stereocenters. The number of alkyl halides is 1. The Bertz CT molecular complexity index is 187. The van der Waals surface area contributed by atoms with Crippen LogP contribution in [0.4, 0.5) is 4.39 Å². The lowest BCUT2D eigenvalue weighted by Gasteiger charge is -2.29. The van der Waals surface area contributed by atoms with Crippen molar-refractivity contribution < 1.29 is 14.3 Å². The molecule has 0 bridgehead atoms. The fourth-order valence-corrected chi connectivity index (χ4v) is 2.00. The predicted molar refractivity (Wildman–Crippen MR) is 52.1 cm³/mol. The van der Waals surface area contributed by atoms with Crippen LogP contribution < -0.4 is 0 Å². The van der Waals surface area contributed by atoms with Crippen molar-refractivity contribution in [1.29, 1.82) is 0 Å². The fraction of sp³-hybridized carbons (Fsp3) is 0.900. The zero-order chi connectivity index (χ0) is 10.4. The molecule has 1 fully saturated rings. The van der Waals surface area contributed by atoms with Gasteiger partial charge in [-0.1, -0.05) is 19.3 Å². The van der Waals surface area contributed by atoms with Gasteiger partial charge in [0.1, 0.15) is 12.7 Å². The molecule has 0 amide bonds. The molecule has 1 aliphatic rings. The van der Waals surface area contributed by atoms with E-state index in [4.69, 9.17) is 5.11 Å². The fourth-order valence-electron chi connectivity index (χ4n) is 2.00. The van der Waals surface area contributed by atoms with E-state index in [0.29, 0.717) is 6.42 Å². The summed E-state index contributed by atoms with van der Waals surface area (Å²) in [4.78, 5) is 12.7. The second-order valence-electron chi connectivity index (χ2n) is 3.78. The molecule has 0 aromatic carbocycles. The molecule has 0 saturated carbocycles. The van der Waals surface area contributed by atoms with Crippen molar-refractivity contribution in [2.75, 3.05) is 19.8 Å². The molecule has 14 heavy (non-hydrogen) atoms. The Kier molecular flexibility index (Phi) is 4.87. The number of hydrogen-bond acceptors (Lipinski definition) is 2. The third-order valence-electron chi connectivity index (χ3n) is 2.77. The molecular formula is C10H18FNO2. The van der Waals surface area contributed by atoms with Crippen LogP contribution in [-0.4, -0.2) is 41.8 Å². The van der Waals surface area contributed by atoms with Crippen molar-refractivity contribution in [1.82, 2.24) is 4.90 Å². The molecule has 0 aromatic rings. The van der Waals surface area contributed by atoms with E-state index in [-0.39, 0.29) is 6.54 Å². The zero-order valence-electron chi connectivity index (χ0n) is 8.41. The third kappa shape index (κ3) is 3.25. The van der Waals surface area contributed by atoms with Gasteiger partial charge in [-0.05, 0) is 19.4 Å². The van der Waals surface area contributed by atoms with Crippen LogP contribution in [0.5, 0.6) is 0 Å². The number of halogens is 1. The van der Waals surface area contributed by atoms with Gasteiger partial charge in [-0.3, -0.25) is 9.69 Å². The molecule has 1 heterocycles. The number of carboxylic acid groups (broad SMARTS) is 1. The molecule has 82 valence electrons. The number of nitrogens with zero attached hydrogens (tertiary/aromatic N) is 1. The van der Waals surface area contributed by atoms with Crippen LogP contribution >= 0.6 is 0 Å². The van der Waals surface area contributed by atoms with Crippen LogP contribution in [0.1, 0.15) is 32.1 Å². The minimum atomic E-state index is -0.805. The number of carbonyl (C=O) groups is 1. The summed E-state index contributed by atoms with van der Waals surface area (Å²) in [7, 11) is 0. The smallest absolute Gasteiger partial charge is 0.320 e. The molecule has 0 aliphatic carbocycles. The number of likely N-dealkylation sites (tertiary alicyclic amines) is 1. The Hall–Kier alpha value is -0.640. The first-order valence-corrected chi connectivity index (χ1v) is 5.28. The molecular weight excluding hydrogens is 185 g/mol. The minimum Gasteiger partial charge on any atom is -0.480 e. The van der Waals surface area contributed by atoms with Crippen molar-refractivity contribution in [3.05, 3.63) is 0 Å². The van der Waals surface area contributed by atoms with E-state index in [2.05, 4.69) is 0 Å². The highest BCUT2D eigenvalue weighted by Gasteiger charge is 2.25. The first kappa shape index (κ1) is 11.4. The van der Waals surface area contributed by atoms with Gasteiger partial charge in [0.15, 0.2) is 0 Å². The Labute approximate surface area is 83.9 Å². The van der Waals surface area contributed by atoms with Crippen LogP contribution in [0.3, 0.4) is 0 Å². The molecule has 1 rings (SSSR count). The highest BCUT2D eigenvalue weighted by molar-refractivity contribution is 5.73. The number of carboxylic acids is 1. The van der Waals surface area contributed by atoms with Gasteiger partial charge in [-0.2, -0.15) is 0 Å². The first-order valence-electron chi connectivity index (χ1n) is 5.28. The summed E-state index contributed by atoms with van der Waals surface area (Å²) in [6.07, 6.45) is 4.83. The zero-order valence-corrected chi connectivity index (χ0v) is 8.41. The van der Waals surface area contributed by atoms with Gasteiger partial charge in [-0.25, -0.2) is 4.39 Å². The number of hydrogen-bond donors (Lipinski definition) is 1. The monoisotopic (exact) mass is 203 g/mol. The summed E-state index contributed by atoms with van der Waals surface area (Å²) < 4.78 is 12.2. The molecule has 0 spiro atoms. The van der Waals surface area contributed by atoms with E-state index in [0.717, 1.165) is 32.2 Å². The van der Waals surface area contributed by atoms with Gasteiger partial charge in [-0.15, -0.1) is 0 Å². The lowest BCUT2D eigenvalue weighted by Crippen LogP contribution is -2.43. The standard InChI is InChI=1S/C10H18FNO2/c11-6-8-12-7-4-2-1-3-5-9(12)10(13)14/h9H,1-8H2,(H,13,14). The summed E-state index contributed by atoms with van der Waals surface area (Å²) in [5, 5.41) is 8.99. The number of rotatable bonds is 3. The first-order chi connectivity index (χ1) is 6.75. The van der Waals surface area contributed by atoms with Crippen LogP contribution in [0.2, 0.25) is 0 Å². The van der Waals surface area contributed by atoms with Crippen LogP contribution in [0, 0.1) is 0 Å². The van der Waals surface area contributed by atoms with Crippen molar-refractivity contribution in [2.24, 2.45) is 0 Å². The quantitative estimate of drug-likeness (QED) is 0.758. The molecule has 1 N–H and O–H groups in total. The summed E-state index contributed by atoms with van der Waals surface area (Å²) in [6.45, 7) is 0.529. The van der Waals surface area contributed by atoms with Crippen molar-refractivity contribution >= 4 is 5.97 Å². The SMILES string of the molecule is O=C(O)C1CCCCCCN1CCF. The van der Waals surface area contributed by atoms with Crippen molar-refractivity contribution in [3.8, 4) is 0 Å². The lowest BCUT2D eigenvalue weighted by molar-refractivity contribution is -0.144. The molecule has 3 nitrogen and oxygen atoms in total. The molecule has 0 aromatic heterocycles. The van der Waals surface area contributed by atoms with E-state index in [9.17, 15) is 9.18 Å². The maximum absolute atomic E-state index is 12.2. The Morgan fingerprint density at radius 1 is 1.36 bits per heavy atom. The molecule has 0 radical (unpaired) electrons. The van der Waals surface area contributed by atoms with Gasteiger partial charge in [0, 0.05) is 6.54 Å². The molecule has 4 heteroatoms. The minimum absolute atomic E-state index is 0.261. The summed E-state index contributed by atoms with van der Waals surface area (Å²) in [6, 6.07) is -0.467. The van der Waals surface area contributed by atoms with Gasteiger partial charge in [0.2, 0.25) is 0 Å². The third-order valence-corrected chi connectivity index (χ3v) is 2.77. The van der Waals surface area contributed by atoms with E-state index in [1.54, 1.807) is 4.90 Å². The topological polar surface area (TPSA) is 40.5 Å². The van der Waals surface area contributed by atoms with E-state index in [1.807, 2.05) is 0 Å². The van der Waals surface area contributed by atoms with Gasteiger partial charge >= 0.3 is 5.97 Å². The summed E-state index contributed by atoms with van der Waals surface area (Å²) in [5.74, 6) is -0.805. The summed E-state index contributed by atoms with van der Waals surface area (Å²) >= 11 is 0. The van der Waals surface area contributed by atoms with E-state index >= 15 is 0 Å². The maximum atomic E-state index is 12.2. The second-order valence-corrected chi connectivity index (χ2v) is 3.78. The normalized spacial score (nSPS) is 25.4. The molecule has 1 unspecified atom stereocenters. The predicted octanol–water partition coefficient (Wildman–Crippen LogP) is 1.68. The average molecular weight is 203 g/mol. The van der Waals surface area contributed by atoms with Gasteiger partial charge < -0.3 is 5.11 Å². The van der Waals surface area contributed by atoms with Crippen molar-refractivity contribution in [2.45, 2.75) is 38.1 Å². The van der Waals surface area contributed by atoms with Crippen molar-refractivity contribution in [3.63, 3.8) is 0 Å². The Morgan fingerprint density at radius 2 is 2.07 bits per heavy atom. The Balaban J connectivity index is 2.55. The maximum Gasteiger partial charge on any atom is 0.320 e. The molecule has 1 saturated heterocycles.